The highest BCUT2D eigenvalue weighted by molar-refractivity contribution is 5.96. The van der Waals surface area contributed by atoms with E-state index in [-0.39, 0.29) is 12.8 Å². The Balaban J connectivity index is 2.96. The molecule has 1 heterocycles. The molecule has 1 aromatic heterocycles. The van der Waals surface area contributed by atoms with Crippen LogP contribution in [-0.4, -0.2) is 86.5 Å². The van der Waals surface area contributed by atoms with Crippen LogP contribution in [0.1, 0.15) is 37.8 Å². The monoisotopic (exact) mass is 512 g/mol. The summed E-state index contributed by atoms with van der Waals surface area (Å²) in [5.74, 6) is -6.79. The number of aromatic nitrogens is 2. The van der Waals surface area contributed by atoms with Gasteiger partial charge in [0.2, 0.25) is 23.6 Å². The molecule has 0 aliphatic carbocycles. The summed E-state index contributed by atoms with van der Waals surface area (Å²) in [5.41, 5.74) is 17.1. The number of carboxylic acids is 2. The van der Waals surface area contributed by atoms with Gasteiger partial charge in [-0.05, 0) is 25.8 Å². The van der Waals surface area contributed by atoms with E-state index in [0.717, 1.165) is 0 Å². The van der Waals surface area contributed by atoms with Crippen molar-refractivity contribution in [2.75, 3.05) is 6.54 Å². The summed E-state index contributed by atoms with van der Waals surface area (Å²) < 4.78 is 0. The number of H-pyrrole nitrogens is 1. The van der Waals surface area contributed by atoms with Crippen LogP contribution in [-0.2, 0) is 35.2 Å². The fraction of sp³-hybridized carbons (Fsp3) is 0.550. The number of aromatic amines is 1. The Morgan fingerprint density at radius 3 is 2.06 bits per heavy atom. The molecule has 0 saturated carbocycles. The smallest absolute Gasteiger partial charge is 0.326 e. The van der Waals surface area contributed by atoms with Gasteiger partial charge >= 0.3 is 11.9 Å². The first-order valence-corrected chi connectivity index (χ1v) is 11.0. The number of nitrogens with two attached hydrogens (primary N) is 3. The van der Waals surface area contributed by atoms with E-state index in [2.05, 4.69) is 20.6 Å². The van der Waals surface area contributed by atoms with Gasteiger partial charge in [0.25, 0.3) is 0 Å². The highest BCUT2D eigenvalue weighted by Gasteiger charge is 2.32. The van der Waals surface area contributed by atoms with Crippen molar-refractivity contribution in [3.05, 3.63) is 18.2 Å². The molecule has 0 bridgehead atoms. The highest BCUT2D eigenvalue weighted by Crippen LogP contribution is 2.05. The number of unbranched alkanes of at least 4 members (excludes halogenated alkanes) is 1. The first-order valence-electron chi connectivity index (χ1n) is 11.0. The summed E-state index contributed by atoms with van der Waals surface area (Å²) >= 11 is 0. The predicted octanol–water partition coefficient (Wildman–Crippen LogP) is -3.70. The standard InChI is InChI=1S/C20H32N8O8/c21-4-2-1-3-12(26-17(32)11(22)5-10-8-24-9-25-10)18(33)27-13(6-15(23)29)19(34)28-14(20(35)36)7-16(30)31/h8-9,11-14H,1-7,21-22H2,(H2,23,29)(H,24,25)(H,26,32)(H,27,33)(H,28,34)(H,30,31)(H,35,36). The number of imidazole rings is 1. The lowest BCUT2D eigenvalue weighted by molar-refractivity contribution is -0.147. The molecule has 0 aliphatic rings. The number of nitrogens with one attached hydrogen (secondary N) is 4. The summed E-state index contributed by atoms with van der Waals surface area (Å²) in [5, 5.41) is 24.7. The van der Waals surface area contributed by atoms with Crippen LogP contribution in [0.5, 0.6) is 0 Å². The lowest BCUT2D eigenvalue weighted by atomic mass is 10.1. The number of primary amides is 1. The average molecular weight is 513 g/mol. The van der Waals surface area contributed by atoms with Gasteiger partial charge in [0.1, 0.15) is 18.1 Å². The molecule has 1 rings (SSSR count). The lowest BCUT2D eigenvalue weighted by Crippen LogP contribution is -2.58. The fourth-order valence-corrected chi connectivity index (χ4v) is 3.10. The van der Waals surface area contributed by atoms with Gasteiger partial charge in [0.05, 0.1) is 25.2 Å². The Bertz CT molecular complexity index is 923. The average Bonchev–Trinajstić information content (AvgIpc) is 3.29. The summed E-state index contributed by atoms with van der Waals surface area (Å²) in [6.45, 7) is 0.328. The molecule has 4 atom stereocenters. The SMILES string of the molecule is NCCCCC(NC(=O)C(N)Cc1cnc[nH]1)C(=O)NC(CC(N)=O)C(=O)NC(CC(=O)O)C(=O)O. The van der Waals surface area contributed by atoms with Gasteiger partial charge < -0.3 is 48.3 Å². The van der Waals surface area contributed by atoms with E-state index in [0.29, 0.717) is 25.1 Å². The van der Waals surface area contributed by atoms with Crippen molar-refractivity contribution in [2.45, 2.75) is 62.7 Å². The molecule has 0 aromatic carbocycles. The van der Waals surface area contributed by atoms with Crippen molar-refractivity contribution >= 4 is 35.6 Å². The molecule has 0 spiro atoms. The zero-order valence-electron chi connectivity index (χ0n) is 19.4. The van der Waals surface area contributed by atoms with Gasteiger partial charge in [-0.3, -0.25) is 24.0 Å². The molecule has 0 saturated heterocycles. The molecule has 4 amide bonds. The third-order valence-corrected chi connectivity index (χ3v) is 4.94. The van der Waals surface area contributed by atoms with Crippen molar-refractivity contribution in [3.8, 4) is 0 Å². The largest absolute Gasteiger partial charge is 0.481 e. The molecule has 16 nitrogen and oxygen atoms in total. The van der Waals surface area contributed by atoms with Gasteiger partial charge in [-0.1, -0.05) is 0 Å². The Hall–Kier alpha value is -4.05. The molecule has 0 aliphatic heterocycles. The summed E-state index contributed by atoms with van der Waals surface area (Å²) in [6.07, 6.45) is 2.43. The maximum absolute atomic E-state index is 12.9. The Labute approximate surface area is 205 Å². The number of rotatable bonds is 17. The Morgan fingerprint density at radius 2 is 1.53 bits per heavy atom. The Morgan fingerprint density at radius 1 is 0.917 bits per heavy atom. The Kier molecular flexibility index (Phi) is 12.5. The normalized spacial score (nSPS) is 14.1. The molecule has 200 valence electrons. The molecule has 0 fully saturated rings. The maximum atomic E-state index is 12.9. The summed E-state index contributed by atoms with van der Waals surface area (Å²) in [4.78, 5) is 78.3. The minimum atomic E-state index is -1.82. The number of hydrogen-bond donors (Lipinski definition) is 9. The second kappa shape index (κ2) is 15.0. The van der Waals surface area contributed by atoms with Crippen LogP contribution in [0.15, 0.2) is 12.5 Å². The number of aliphatic carboxylic acids is 2. The third kappa shape index (κ3) is 10.9. The number of nitrogens with zero attached hydrogens (tertiary/aromatic N) is 1. The summed E-state index contributed by atoms with van der Waals surface area (Å²) in [7, 11) is 0. The van der Waals surface area contributed by atoms with Crippen molar-refractivity contribution in [1.29, 1.82) is 0 Å². The zero-order chi connectivity index (χ0) is 27.3. The van der Waals surface area contributed by atoms with E-state index in [1.165, 1.54) is 12.5 Å². The second-order valence-corrected chi connectivity index (χ2v) is 7.96. The van der Waals surface area contributed by atoms with E-state index in [9.17, 15) is 28.8 Å². The van der Waals surface area contributed by atoms with Crippen LogP contribution in [0.4, 0.5) is 0 Å². The highest BCUT2D eigenvalue weighted by atomic mass is 16.4. The van der Waals surface area contributed by atoms with E-state index in [1.807, 2.05) is 5.32 Å². The van der Waals surface area contributed by atoms with Crippen LogP contribution in [0, 0.1) is 0 Å². The van der Waals surface area contributed by atoms with Crippen molar-refractivity contribution in [3.63, 3.8) is 0 Å². The quantitative estimate of drug-likeness (QED) is 0.0915. The summed E-state index contributed by atoms with van der Waals surface area (Å²) in [6, 6.07) is -5.65. The zero-order valence-corrected chi connectivity index (χ0v) is 19.4. The molecular weight excluding hydrogens is 480 g/mol. The minimum absolute atomic E-state index is 0.107. The molecular formula is C20H32N8O8. The van der Waals surface area contributed by atoms with Gasteiger partial charge in [-0.25, -0.2) is 9.78 Å². The van der Waals surface area contributed by atoms with Crippen molar-refractivity contribution < 1.29 is 39.0 Å². The predicted molar refractivity (Wildman–Crippen MR) is 123 cm³/mol. The number of carbonyl (C=O) groups excluding carboxylic acids is 4. The van der Waals surface area contributed by atoms with Crippen LogP contribution >= 0.6 is 0 Å². The number of amides is 4. The number of carbonyl (C=O) groups is 6. The third-order valence-electron chi connectivity index (χ3n) is 4.94. The van der Waals surface area contributed by atoms with Crippen LogP contribution < -0.4 is 33.2 Å². The van der Waals surface area contributed by atoms with E-state index in [1.54, 1.807) is 0 Å². The fourth-order valence-electron chi connectivity index (χ4n) is 3.10. The molecule has 0 radical (unpaired) electrons. The van der Waals surface area contributed by atoms with Gasteiger partial charge in [-0.2, -0.15) is 0 Å². The van der Waals surface area contributed by atoms with E-state index < -0.39 is 72.6 Å². The van der Waals surface area contributed by atoms with Gasteiger partial charge in [0.15, 0.2) is 0 Å². The molecule has 4 unspecified atom stereocenters. The van der Waals surface area contributed by atoms with Crippen LogP contribution in [0.2, 0.25) is 0 Å². The van der Waals surface area contributed by atoms with E-state index >= 15 is 0 Å². The molecule has 36 heavy (non-hydrogen) atoms. The van der Waals surface area contributed by atoms with Crippen LogP contribution in [0.25, 0.3) is 0 Å². The topological polar surface area (TPSA) is 286 Å². The second-order valence-electron chi connectivity index (χ2n) is 7.96. The minimum Gasteiger partial charge on any atom is -0.481 e. The lowest BCUT2D eigenvalue weighted by Gasteiger charge is -2.24. The van der Waals surface area contributed by atoms with Crippen LogP contribution in [0.3, 0.4) is 0 Å². The van der Waals surface area contributed by atoms with Crippen molar-refractivity contribution in [2.24, 2.45) is 17.2 Å². The van der Waals surface area contributed by atoms with E-state index in [4.69, 9.17) is 27.4 Å². The van der Waals surface area contributed by atoms with Crippen molar-refractivity contribution in [1.82, 2.24) is 25.9 Å². The number of hydrogen-bond acceptors (Lipinski definition) is 9. The first kappa shape index (κ1) is 30.0. The maximum Gasteiger partial charge on any atom is 0.326 e. The molecule has 16 heteroatoms. The molecule has 12 N–H and O–H groups in total. The molecule has 1 aromatic rings. The first-order chi connectivity index (χ1) is 16.9. The van der Waals surface area contributed by atoms with Gasteiger partial charge in [-0.15, -0.1) is 0 Å². The van der Waals surface area contributed by atoms with Gasteiger partial charge in [0, 0.05) is 18.3 Å². The number of carboxylic acid groups (broad SMARTS) is 2.